The van der Waals surface area contributed by atoms with Crippen LogP contribution in [0.5, 0.6) is 0 Å². The van der Waals surface area contributed by atoms with Crippen molar-refractivity contribution in [2.45, 2.75) is 33.1 Å². The molecule has 0 bridgehead atoms. The largest absolute Gasteiger partial charge is 0.366 e. The van der Waals surface area contributed by atoms with Gasteiger partial charge < -0.3 is 5.73 Å². The van der Waals surface area contributed by atoms with E-state index in [-0.39, 0.29) is 11.3 Å². The van der Waals surface area contributed by atoms with Crippen LogP contribution in [0.15, 0.2) is 18.2 Å². The summed E-state index contributed by atoms with van der Waals surface area (Å²) in [5.41, 5.74) is 8.24. The van der Waals surface area contributed by atoms with Gasteiger partial charge in [-0.05, 0) is 35.6 Å². The number of carbonyl (C=O) groups is 1. The molecule has 0 unspecified atom stereocenters. The van der Waals surface area contributed by atoms with Gasteiger partial charge in [0.25, 0.3) is 0 Å². The zero-order chi connectivity index (χ0) is 10.9. The fourth-order valence-electron chi connectivity index (χ4n) is 1.58. The number of amides is 1. The molecule has 2 heteroatoms. The molecule has 76 valence electrons. The molecule has 0 fully saturated rings. The molecule has 1 aromatic carbocycles. The predicted octanol–water partition coefficient (Wildman–Crippen LogP) is 2.39. The van der Waals surface area contributed by atoms with Gasteiger partial charge in [0.2, 0.25) is 5.91 Å². The summed E-state index contributed by atoms with van der Waals surface area (Å²) in [5.74, 6) is -0.365. The molecule has 0 heterocycles. The normalized spacial score (nSPS) is 11.4. The highest BCUT2D eigenvalue weighted by molar-refractivity contribution is 5.93. The summed E-state index contributed by atoms with van der Waals surface area (Å²) in [5, 5.41) is 0. The van der Waals surface area contributed by atoms with Crippen molar-refractivity contribution < 1.29 is 4.79 Å². The minimum atomic E-state index is -0.365. The monoisotopic (exact) mass is 191 g/mol. The van der Waals surface area contributed by atoms with E-state index in [0.29, 0.717) is 5.56 Å². The Kier molecular flexibility index (Phi) is 2.65. The smallest absolute Gasteiger partial charge is 0.248 e. The van der Waals surface area contributed by atoms with Crippen molar-refractivity contribution in [2.75, 3.05) is 0 Å². The first-order chi connectivity index (χ1) is 6.32. The van der Waals surface area contributed by atoms with E-state index in [1.54, 1.807) is 6.07 Å². The van der Waals surface area contributed by atoms with Gasteiger partial charge in [-0.3, -0.25) is 4.79 Å². The van der Waals surface area contributed by atoms with Crippen LogP contribution in [-0.4, -0.2) is 5.91 Å². The highest BCUT2D eigenvalue weighted by Gasteiger charge is 2.17. The Labute approximate surface area is 85.1 Å². The second kappa shape index (κ2) is 3.45. The third kappa shape index (κ3) is 2.13. The fraction of sp³-hybridized carbons (Fsp3) is 0.417. The Bertz CT molecular complexity index is 361. The van der Waals surface area contributed by atoms with Crippen LogP contribution in [-0.2, 0) is 5.41 Å². The van der Waals surface area contributed by atoms with E-state index in [4.69, 9.17) is 5.73 Å². The highest BCUT2D eigenvalue weighted by atomic mass is 16.1. The summed E-state index contributed by atoms with van der Waals surface area (Å²) in [7, 11) is 0. The van der Waals surface area contributed by atoms with E-state index in [2.05, 4.69) is 20.8 Å². The van der Waals surface area contributed by atoms with Gasteiger partial charge in [0.15, 0.2) is 0 Å². The zero-order valence-electron chi connectivity index (χ0n) is 9.22. The number of hydrogen-bond donors (Lipinski definition) is 1. The number of carbonyl (C=O) groups excluding carboxylic acids is 1. The van der Waals surface area contributed by atoms with E-state index in [1.165, 1.54) is 11.1 Å². The maximum Gasteiger partial charge on any atom is 0.248 e. The van der Waals surface area contributed by atoms with E-state index in [1.807, 2.05) is 19.1 Å². The Morgan fingerprint density at radius 3 is 2.29 bits per heavy atom. The molecule has 0 saturated heterocycles. The van der Waals surface area contributed by atoms with E-state index >= 15 is 0 Å². The van der Waals surface area contributed by atoms with Crippen LogP contribution in [0, 0.1) is 6.92 Å². The second-order valence-corrected chi connectivity index (χ2v) is 4.64. The van der Waals surface area contributed by atoms with Gasteiger partial charge in [-0.25, -0.2) is 0 Å². The molecule has 14 heavy (non-hydrogen) atoms. The van der Waals surface area contributed by atoms with Gasteiger partial charge in [-0.2, -0.15) is 0 Å². The minimum absolute atomic E-state index is 0.0511. The molecule has 2 nitrogen and oxygen atoms in total. The molecule has 1 rings (SSSR count). The molecule has 0 atom stereocenters. The maximum absolute atomic E-state index is 11.0. The van der Waals surface area contributed by atoms with Gasteiger partial charge >= 0.3 is 0 Å². The summed E-state index contributed by atoms with van der Waals surface area (Å²) in [6, 6.07) is 5.60. The summed E-state index contributed by atoms with van der Waals surface area (Å²) in [4.78, 5) is 11.0. The Morgan fingerprint density at radius 2 is 1.86 bits per heavy atom. The molecular weight excluding hydrogens is 174 g/mol. The van der Waals surface area contributed by atoms with E-state index in [9.17, 15) is 4.79 Å². The van der Waals surface area contributed by atoms with Crippen molar-refractivity contribution >= 4 is 5.91 Å². The zero-order valence-corrected chi connectivity index (χ0v) is 9.22. The molecule has 0 aliphatic heterocycles. The number of benzene rings is 1. The van der Waals surface area contributed by atoms with Gasteiger partial charge in [-0.1, -0.05) is 26.8 Å². The average molecular weight is 191 g/mol. The summed E-state index contributed by atoms with van der Waals surface area (Å²) < 4.78 is 0. The number of primary amides is 1. The first-order valence-corrected chi connectivity index (χ1v) is 4.73. The molecule has 2 N–H and O–H groups in total. The maximum atomic E-state index is 11.0. The van der Waals surface area contributed by atoms with Gasteiger partial charge in [0, 0.05) is 5.56 Å². The van der Waals surface area contributed by atoms with Gasteiger partial charge in [-0.15, -0.1) is 0 Å². The number of nitrogens with two attached hydrogens (primary N) is 1. The van der Waals surface area contributed by atoms with Gasteiger partial charge in [0.1, 0.15) is 0 Å². The summed E-state index contributed by atoms with van der Waals surface area (Å²) >= 11 is 0. The Hall–Kier alpha value is -1.31. The average Bonchev–Trinajstić information content (AvgIpc) is 2.02. The lowest BCUT2D eigenvalue weighted by atomic mass is 9.83. The van der Waals surface area contributed by atoms with E-state index < -0.39 is 0 Å². The van der Waals surface area contributed by atoms with Crippen LogP contribution >= 0.6 is 0 Å². The van der Waals surface area contributed by atoms with Crippen molar-refractivity contribution in [2.24, 2.45) is 5.73 Å². The lowest BCUT2D eigenvalue weighted by Gasteiger charge is -2.22. The minimum Gasteiger partial charge on any atom is -0.366 e. The highest BCUT2D eigenvalue weighted by Crippen LogP contribution is 2.26. The Balaban J connectivity index is 3.29. The van der Waals surface area contributed by atoms with Crippen molar-refractivity contribution in [3.8, 4) is 0 Å². The van der Waals surface area contributed by atoms with Crippen LogP contribution in [0.4, 0.5) is 0 Å². The topological polar surface area (TPSA) is 43.1 Å². The number of rotatable bonds is 1. The summed E-state index contributed by atoms with van der Waals surface area (Å²) in [6.45, 7) is 8.42. The molecule has 0 aromatic heterocycles. The Morgan fingerprint density at radius 1 is 1.29 bits per heavy atom. The molecule has 0 aliphatic rings. The lowest BCUT2D eigenvalue weighted by molar-refractivity contribution is 0.1000. The quantitative estimate of drug-likeness (QED) is 0.727. The molecule has 0 radical (unpaired) electrons. The molecular formula is C12H17NO. The van der Waals surface area contributed by atoms with Crippen molar-refractivity contribution in [1.82, 2.24) is 0 Å². The molecule has 1 amide bonds. The molecule has 0 spiro atoms. The van der Waals surface area contributed by atoms with Crippen molar-refractivity contribution in [3.05, 3.63) is 34.9 Å². The standard InChI is InChI=1S/C12H17NO/c1-8-5-6-9(11(13)14)7-10(8)12(2,3)4/h5-7H,1-4H3,(H2,13,14). The molecule has 0 saturated carbocycles. The predicted molar refractivity (Wildman–Crippen MR) is 58.4 cm³/mol. The van der Waals surface area contributed by atoms with Crippen LogP contribution < -0.4 is 5.73 Å². The van der Waals surface area contributed by atoms with Crippen LogP contribution in [0.25, 0.3) is 0 Å². The van der Waals surface area contributed by atoms with Crippen molar-refractivity contribution in [1.29, 1.82) is 0 Å². The number of aryl methyl sites for hydroxylation is 1. The third-order valence-corrected chi connectivity index (χ3v) is 2.33. The SMILES string of the molecule is Cc1ccc(C(N)=O)cc1C(C)(C)C. The number of hydrogen-bond acceptors (Lipinski definition) is 1. The second-order valence-electron chi connectivity index (χ2n) is 4.64. The summed E-state index contributed by atoms with van der Waals surface area (Å²) in [6.07, 6.45) is 0. The first kappa shape index (κ1) is 10.8. The third-order valence-electron chi connectivity index (χ3n) is 2.33. The van der Waals surface area contributed by atoms with E-state index in [0.717, 1.165) is 0 Å². The fourth-order valence-corrected chi connectivity index (χ4v) is 1.58. The molecule has 0 aliphatic carbocycles. The van der Waals surface area contributed by atoms with Crippen molar-refractivity contribution in [3.63, 3.8) is 0 Å². The van der Waals surface area contributed by atoms with Gasteiger partial charge in [0.05, 0.1) is 0 Å². The first-order valence-electron chi connectivity index (χ1n) is 4.73. The van der Waals surface area contributed by atoms with Crippen LogP contribution in [0.2, 0.25) is 0 Å². The van der Waals surface area contributed by atoms with Crippen LogP contribution in [0.3, 0.4) is 0 Å². The molecule has 1 aromatic rings. The lowest BCUT2D eigenvalue weighted by Crippen LogP contribution is -2.17. The van der Waals surface area contributed by atoms with Crippen LogP contribution in [0.1, 0.15) is 42.3 Å².